The Kier molecular flexibility index (Phi) is 5.47. The van der Waals surface area contributed by atoms with Crippen LogP contribution in [-0.2, 0) is 15.9 Å². The molecule has 2 saturated heterocycles. The van der Waals surface area contributed by atoms with E-state index in [0.717, 1.165) is 24.9 Å². The first-order chi connectivity index (χ1) is 12.2. The van der Waals surface area contributed by atoms with E-state index in [1.54, 1.807) is 5.06 Å². The highest BCUT2D eigenvalue weighted by molar-refractivity contribution is 6.74. The standard InChI is InChI=1S/C20H32N2O3Si/c1-20(2,3)26(4,5)25-15-18-12-11-17-13-21(18)19(23)22(17)24-14-16-9-7-6-8-10-16/h6-10,17-18H,11-15H2,1-5H3/t17-,18+/m1/s1. The summed E-state index contributed by atoms with van der Waals surface area (Å²) in [6, 6.07) is 10.3. The van der Waals surface area contributed by atoms with Crippen LogP contribution in [0.15, 0.2) is 30.3 Å². The number of carbonyl (C=O) groups is 1. The lowest BCUT2D eigenvalue weighted by Gasteiger charge is -2.39. The molecule has 2 heterocycles. The second-order valence-electron chi connectivity index (χ2n) is 8.98. The van der Waals surface area contributed by atoms with E-state index in [-0.39, 0.29) is 23.2 Å². The van der Waals surface area contributed by atoms with Crippen LogP contribution in [0.3, 0.4) is 0 Å². The molecule has 2 aliphatic rings. The highest BCUT2D eigenvalue weighted by Crippen LogP contribution is 2.38. The molecule has 2 aliphatic heterocycles. The molecule has 0 aliphatic carbocycles. The summed E-state index contributed by atoms with van der Waals surface area (Å²) >= 11 is 0. The van der Waals surface area contributed by atoms with E-state index in [2.05, 4.69) is 33.9 Å². The van der Waals surface area contributed by atoms with Gasteiger partial charge < -0.3 is 9.33 Å². The van der Waals surface area contributed by atoms with E-state index in [1.807, 2.05) is 35.2 Å². The monoisotopic (exact) mass is 376 g/mol. The zero-order valence-electron chi connectivity index (χ0n) is 16.7. The second-order valence-corrected chi connectivity index (χ2v) is 13.8. The van der Waals surface area contributed by atoms with Crippen LogP contribution >= 0.6 is 0 Å². The first-order valence-electron chi connectivity index (χ1n) is 9.60. The third kappa shape index (κ3) is 3.97. The predicted octanol–water partition coefficient (Wildman–Crippen LogP) is 4.41. The maximum absolute atomic E-state index is 12.8. The van der Waals surface area contributed by atoms with Crippen molar-refractivity contribution in [2.75, 3.05) is 13.2 Å². The van der Waals surface area contributed by atoms with Gasteiger partial charge in [-0.1, -0.05) is 51.1 Å². The molecule has 2 atom stereocenters. The minimum atomic E-state index is -1.80. The number of hydrogen-bond acceptors (Lipinski definition) is 3. The van der Waals surface area contributed by atoms with Crippen LogP contribution in [0.25, 0.3) is 0 Å². The van der Waals surface area contributed by atoms with E-state index >= 15 is 0 Å². The highest BCUT2D eigenvalue weighted by Gasteiger charge is 2.46. The lowest BCUT2D eigenvalue weighted by Crippen LogP contribution is -2.48. The van der Waals surface area contributed by atoms with Crippen LogP contribution in [0.5, 0.6) is 0 Å². The zero-order valence-corrected chi connectivity index (χ0v) is 17.7. The summed E-state index contributed by atoms with van der Waals surface area (Å²) in [6.45, 7) is 13.1. The van der Waals surface area contributed by atoms with Crippen LogP contribution in [0.4, 0.5) is 4.79 Å². The fourth-order valence-electron chi connectivity index (χ4n) is 3.29. The molecule has 0 unspecified atom stereocenters. The summed E-state index contributed by atoms with van der Waals surface area (Å²) in [5.74, 6) is 0. The number of urea groups is 1. The zero-order chi connectivity index (χ0) is 18.9. The highest BCUT2D eigenvalue weighted by atomic mass is 28.4. The van der Waals surface area contributed by atoms with Crippen molar-refractivity contribution >= 4 is 14.3 Å². The maximum Gasteiger partial charge on any atom is 0.344 e. The number of hydroxylamine groups is 2. The van der Waals surface area contributed by atoms with Crippen molar-refractivity contribution in [3.8, 4) is 0 Å². The lowest BCUT2D eigenvalue weighted by molar-refractivity contribution is -0.140. The van der Waals surface area contributed by atoms with Crippen molar-refractivity contribution in [1.82, 2.24) is 9.96 Å². The molecule has 0 saturated carbocycles. The third-order valence-corrected chi connectivity index (χ3v) is 10.6. The Morgan fingerprint density at radius 1 is 1.15 bits per heavy atom. The molecule has 0 N–H and O–H groups in total. The average Bonchev–Trinajstić information content (AvgIpc) is 2.84. The summed E-state index contributed by atoms with van der Waals surface area (Å²) < 4.78 is 6.38. The van der Waals surface area contributed by atoms with Crippen molar-refractivity contribution < 1.29 is 14.1 Å². The van der Waals surface area contributed by atoms with E-state index in [1.165, 1.54) is 0 Å². The number of carbonyl (C=O) groups excluding carboxylic acids is 1. The minimum absolute atomic E-state index is 0.00716. The molecule has 0 radical (unpaired) electrons. The third-order valence-electron chi connectivity index (χ3n) is 6.10. The summed E-state index contributed by atoms with van der Waals surface area (Å²) in [5, 5.41) is 1.78. The van der Waals surface area contributed by atoms with Crippen molar-refractivity contribution in [1.29, 1.82) is 0 Å². The molecule has 144 valence electrons. The van der Waals surface area contributed by atoms with Crippen LogP contribution < -0.4 is 0 Å². The van der Waals surface area contributed by atoms with Gasteiger partial charge in [0.15, 0.2) is 8.32 Å². The number of nitrogens with zero attached hydrogens (tertiary/aromatic N) is 2. The quantitative estimate of drug-likeness (QED) is 0.691. The van der Waals surface area contributed by atoms with Crippen molar-refractivity contribution in [2.45, 2.75) is 70.4 Å². The van der Waals surface area contributed by atoms with Gasteiger partial charge in [-0.25, -0.2) is 4.79 Å². The molecule has 1 aromatic rings. The van der Waals surface area contributed by atoms with Gasteiger partial charge in [-0.05, 0) is 36.5 Å². The summed E-state index contributed by atoms with van der Waals surface area (Å²) in [4.78, 5) is 20.6. The topological polar surface area (TPSA) is 42.0 Å². The Hall–Kier alpha value is -1.37. The molecular formula is C20H32N2O3Si. The summed E-state index contributed by atoms with van der Waals surface area (Å²) in [7, 11) is -1.80. The normalized spacial score (nSPS) is 23.7. The number of benzene rings is 1. The average molecular weight is 377 g/mol. The number of fused-ring (bicyclic) bond motifs is 2. The van der Waals surface area contributed by atoms with E-state index in [4.69, 9.17) is 9.26 Å². The van der Waals surface area contributed by atoms with Crippen LogP contribution in [0.1, 0.15) is 39.2 Å². The SMILES string of the molecule is CC(C)(C)[Si](C)(C)OC[C@@H]1CC[C@@H]2CN1C(=O)N2OCc1ccccc1. The van der Waals surface area contributed by atoms with Gasteiger partial charge in [-0.2, -0.15) is 5.06 Å². The predicted molar refractivity (Wildman–Crippen MR) is 105 cm³/mol. The van der Waals surface area contributed by atoms with Crippen LogP contribution in [-0.4, -0.2) is 49.5 Å². The Bertz CT molecular complexity index is 630. The summed E-state index contributed by atoms with van der Waals surface area (Å²) in [5.41, 5.74) is 1.08. The number of rotatable bonds is 6. The lowest BCUT2D eigenvalue weighted by atomic mass is 10.0. The van der Waals surface area contributed by atoms with Crippen LogP contribution in [0.2, 0.25) is 18.1 Å². The molecular weight excluding hydrogens is 344 g/mol. The Balaban J connectivity index is 1.57. The Morgan fingerprint density at radius 2 is 1.85 bits per heavy atom. The van der Waals surface area contributed by atoms with Crippen molar-refractivity contribution in [2.24, 2.45) is 0 Å². The van der Waals surface area contributed by atoms with E-state index < -0.39 is 8.32 Å². The van der Waals surface area contributed by atoms with Crippen molar-refractivity contribution in [3.63, 3.8) is 0 Å². The largest absolute Gasteiger partial charge is 0.415 e. The van der Waals surface area contributed by atoms with Gasteiger partial charge in [-0.15, -0.1) is 0 Å². The molecule has 5 nitrogen and oxygen atoms in total. The Morgan fingerprint density at radius 3 is 2.50 bits per heavy atom. The van der Waals surface area contributed by atoms with Gasteiger partial charge in [0, 0.05) is 6.54 Å². The van der Waals surface area contributed by atoms with Gasteiger partial charge in [0.2, 0.25) is 0 Å². The molecule has 1 aromatic carbocycles. The van der Waals surface area contributed by atoms with Crippen molar-refractivity contribution in [3.05, 3.63) is 35.9 Å². The molecule has 2 bridgehead atoms. The fraction of sp³-hybridized carbons (Fsp3) is 0.650. The number of piperidine rings is 1. The maximum atomic E-state index is 12.8. The van der Waals surface area contributed by atoms with Crippen LogP contribution in [0, 0.1) is 0 Å². The first-order valence-corrected chi connectivity index (χ1v) is 12.5. The molecule has 6 heteroatoms. The van der Waals surface area contributed by atoms with Gasteiger partial charge in [0.1, 0.15) is 6.61 Å². The van der Waals surface area contributed by atoms with Gasteiger partial charge in [-0.3, -0.25) is 4.84 Å². The fourth-order valence-corrected chi connectivity index (χ4v) is 4.33. The van der Waals surface area contributed by atoms with Gasteiger partial charge in [0.05, 0.1) is 18.7 Å². The minimum Gasteiger partial charge on any atom is -0.415 e. The molecule has 2 fully saturated rings. The second kappa shape index (κ2) is 7.33. The van der Waals surface area contributed by atoms with Gasteiger partial charge in [0.25, 0.3) is 0 Å². The van der Waals surface area contributed by atoms with Gasteiger partial charge >= 0.3 is 6.03 Å². The molecule has 26 heavy (non-hydrogen) atoms. The van der Waals surface area contributed by atoms with E-state index in [9.17, 15) is 4.79 Å². The molecule has 2 amide bonds. The molecule has 0 aromatic heterocycles. The molecule has 0 spiro atoms. The molecule has 3 rings (SSSR count). The number of hydrogen-bond donors (Lipinski definition) is 0. The Labute approximate surface area is 158 Å². The summed E-state index contributed by atoms with van der Waals surface area (Å²) in [6.07, 6.45) is 1.96. The number of amides is 2. The van der Waals surface area contributed by atoms with E-state index in [0.29, 0.717) is 13.2 Å². The smallest absolute Gasteiger partial charge is 0.344 e. The first kappa shape index (κ1) is 19.4.